The summed E-state index contributed by atoms with van der Waals surface area (Å²) in [6.07, 6.45) is 2.67. The van der Waals surface area contributed by atoms with E-state index in [1.165, 1.54) is 41.2 Å². The van der Waals surface area contributed by atoms with Crippen molar-refractivity contribution in [2.75, 3.05) is 16.8 Å². The van der Waals surface area contributed by atoms with E-state index in [9.17, 15) is 0 Å². The van der Waals surface area contributed by atoms with Crippen LogP contribution in [0.1, 0.15) is 24.0 Å². The zero-order valence-corrected chi connectivity index (χ0v) is 10.4. The Hall–Kier alpha value is -0.630. The first-order chi connectivity index (χ1) is 7.25. The molecule has 82 valence electrons. The highest BCUT2D eigenvalue weighted by Crippen LogP contribution is 2.23. The molecule has 1 fully saturated rings. The van der Waals surface area contributed by atoms with Gasteiger partial charge >= 0.3 is 0 Å². The summed E-state index contributed by atoms with van der Waals surface area (Å²) in [6.45, 7) is 4.33. The summed E-state index contributed by atoms with van der Waals surface area (Å²) >= 11 is 2.07. The van der Waals surface area contributed by atoms with Crippen molar-refractivity contribution in [3.05, 3.63) is 29.3 Å². The molecule has 0 radical (unpaired) electrons. The molecule has 1 N–H and O–H groups in total. The monoisotopic (exact) mass is 221 g/mol. The second-order valence-corrected chi connectivity index (χ2v) is 5.53. The van der Waals surface area contributed by atoms with Crippen LogP contribution in [0.3, 0.4) is 0 Å². The van der Waals surface area contributed by atoms with Crippen molar-refractivity contribution in [3.8, 4) is 0 Å². The van der Waals surface area contributed by atoms with Gasteiger partial charge < -0.3 is 5.32 Å². The number of hydrogen-bond acceptors (Lipinski definition) is 2. The maximum absolute atomic E-state index is 3.66. The lowest BCUT2D eigenvalue weighted by Crippen LogP contribution is -2.26. The molecule has 1 atom stereocenters. The molecule has 1 saturated heterocycles. The van der Waals surface area contributed by atoms with E-state index in [4.69, 9.17) is 0 Å². The Morgan fingerprint density at radius 1 is 1.33 bits per heavy atom. The summed E-state index contributed by atoms with van der Waals surface area (Å²) in [5.41, 5.74) is 4.02. The minimum atomic E-state index is 0.671. The van der Waals surface area contributed by atoms with Crippen LogP contribution in [0.25, 0.3) is 0 Å². The lowest BCUT2D eigenvalue weighted by atomic mass is 10.1. The highest BCUT2D eigenvalue weighted by molar-refractivity contribution is 7.99. The first-order valence-corrected chi connectivity index (χ1v) is 6.83. The second-order valence-electron chi connectivity index (χ2n) is 4.38. The number of aryl methyl sites for hydroxylation is 2. The minimum absolute atomic E-state index is 0.671. The van der Waals surface area contributed by atoms with Crippen LogP contribution < -0.4 is 5.32 Å². The third-order valence-corrected chi connectivity index (χ3v) is 4.12. The SMILES string of the molecule is Cc1ccc(N[C@@H]2CCCSC2)c(C)c1. The maximum Gasteiger partial charge on any atom is 0.0372 e. The average Bonchev–Trinajstić information content (AvgIpc) is 2.24. The molecule has 1 aromatic carbocycles. The number of rotatable bonds is 2. The molecule has 0 aliphatic carbocycles. The van der Waals surface area contributed by atoms with Gasteiger partial charge in [-0.3, -0.25) is 0 Å². The van der Waals surface area contributed by atoms with E-state index < -0.39 is 0 Å². The number of hydrogen-bond donors (Lipinski definition) is 1. The number of nitrogens with one attached hydrogen (secondary N) is 1. The lowest BCUT2D eigenvalue weighted by Gasteiger charge is -2.24. The Kier molecular flexibility index (Phi) is 3.57. The van der Waals surface area contributed by atoms with Gasteiger partial charge in [0.1, 0.15) is 0 Å². The van der Waals surface area contributed by atoms with E-state index in [-0.39, 0.29) is 0 Å². The third-order valence-electron chi connectivity index (χ3n) is 2.90. The average molecular weight is 221 g/mol. The quantitative estimate of drug-likeness (QED) is 0.818. The summed E-state index contributed by atoms with van der Waals surface area (Å²) < 4.78 is 0. The third kappa shape index (κ3) is 2.91. The molecule has 0 aromatic heterocycles. The maximum atomic E-state index is 3.66. The van der Waals surface area contributed by atoms with Crippen molar-refractivity contribution in [2.45, 2.75) is 32.7 Å². The van der Waals surface area contributed by atoms with Crippen LogP contribution in [0.15, 0.2) is 18.2 Å². The fourth-order valence-corrected chi connectivity index (χ4v) is 3.12. The van der Waals surface area contributed by atoms with E-state index in [0.717, 1.165) is 0 Å². The summed E-state index contributed by atoms with van der Waals surface area (Å²) in [5.74, 6) is 2.60. The van der Waals surface area contributed by atoms with Crippen molar-refractivity contribution in [1.82, 2.24) is 0 Å². The van der Waals surface area contributed by atoms with Crippen molar-refractivity contribution < 1.29 is 0 Å². The molecule has 0 spiro atoms. The molecule has 0 unspecified atom stereocenters. The zero-order valence-electron chi connectivity index (χ0n) is 9.55. The summed E-state index contributed by atoms with van der Waals surface area (Å²) in [6, 6.07) is 7.32. The van der Waals surface area contributed by atoms with Crippen molar-refractivity contribution in [2.24, 2.45) is 0 Å². The van der Waals surface area contributed by atoms with Crippen LogP contribution in [-0.4, -0.2) is 17.5 Å². The van der Waals surface area contributed by atoms with E-state index in [1.54, 1.807) is 0 Å². The lowest BCUT2D eigenvalue weighted by molar-refractivity contribution is 0.684. The molecular formula is C13H19NS. The van der Waals surface area contributed by atoms with Crippen molar-refractivity contribution in [1.29, 1.82) is 0 Å². The molecule has 0 bridgehead atoms. The summed E-state index contributed by atoms with van der Waals surface area (Å²) in [7, 11) is 0. The Balaban J connectivity index is 2.03. The molecule has 1 nitrogen and oxygen atoms in total. The molecular weight excluding hydrogens is 202 g/mol. The number of benzene rings is 1. The largest absolute Gasteiger partial charge is 0.381 e. The molecule has 1 aromatic rings. The van der Waals surface area contributed by atoms with Gasteiger partial charge in [0.15, 0.2) is 0 Å². The molecule has 0 amide bonds. The van der Waals surface area contributed by atoms with Gasteiger partial charge in [-0.2, -0.15) is 11.8 Å². The first kappa shape index (κ1) is 10.9. The fourth-order valence-electron chi connectivity index (χ4n) is 2.05. The molecule has 1 aliphatic heterocycles. The van der Waals surface area contributed by atoms with Gasteiger partial charge in [0.05, 0.1) is 0 Å². The van der Waals surface area contributed by atoms with Gasteiger partial charge in [-0.1, -0.05) is 17.7 Å². The minimum Gasteiger partial charge on any atom is -0.381 e. The molecule has 2 heteroatoms. The number of anilines is 1. The van der Waals surface area contributed by atoms with E-state index >= 15 is 0 Å². The van der Waals surface area contributed by atoms with Crippen LogP contribution in [0, 0.1) is 13.8 Å². The van der Waals surface area contributed by atoms with Gasteiger partial charge in [0.2, 0.25) is 0 Å². The normalized spacial score (nSPS) is 21.3. The summed E-state index contributed by atoms with van der Waals surface area (Å²) in [5, 5.41) is 3.66. The molecule has 1 heterocycles. The predicted octanol–water partition coefficient (Wildman–Crippen LogP) is 3.61. The highest BCUT2D eigenvalue weighted by Gasteiger charge is 2.13. The highest BCUT2D eigenvalue weighted by atomic mass is 32.2. The molecule has 0 saturated carbocycles. The smallest absolute Gasteiger partial charge is 0.0372 e. The Morgan fingerprint density at radius 3 is 2.87 bits per heavy atom. The topological polar surface area (TPSA) is 12.0 Å². The molecule has 2 rings (SSSR count). The van der Waals surface area contributed by atoms with Crippen LogP contribution in [-0.2, 0) is 0 Å². The van der Waals surface area contributed by atoms with Crippen LogP contribution in [0.2, 0.25) is 0 Å². The van der Waals surface area contributed by atoms with E-state index in [0.29, 0.717) is 6.04 Å². The molecule has 1 aliphatic rings. The van der Waals surface area contributed by atoms with Gasteiger partial charge in [0.25, 0.3) is 0 Å². The Bertz CT molecular complexity index is 329. The first-order valence-electron chi connectivity index (χ1n) is 5.67. The standard InChI is InChI=1S/C13H19NS/c1-10-5-6-13(11(2)8-10)14-12-4-3-7-15-9-12/h5-6,8,12,14H,3-4,7,9H2,1-2H3/t12-/m1/s1. The van der Waals surface area contributed by atoms with Gasteiger partial charge in [-0.25, -0.2) is 0 Å². The van der Waals surface area contributed by atoms with Crippen molar-refractivity contribution in [3.63, 3.8) is 0 Å². The van der Waals surface area contributed by atoms with Gasteiger partial charge in [-0.15, -0.1) is 0 Å². The summed E-state index contributed by atoms with van der Waals surface area (Å²) in [4.78, 5) is 0. The Labute approximate surface area is 96.7 Å². The van der Waals surface area contributed by atoms with E-state index in [1.807, 2.05) is 0 Å². The van der Waals surface area contributed by atoms with Gasteiger partial charge in [0, 0.05) is 17.5 Å². The van der Waals surface area contributed by atoms with Crippen LogP contribution in [0.4, 0.5) is 5.69 Å². The fraction of sp³-hybridized carbons (Fsp3) is 0.538. The van der Waals surface area contributed by atoms with Gasteiger partial charge in [-0.05, 0) is 44.1 Å². The number of thioether (sulfide) groups is 1. The Morgan fingerprint density at radius 2 is 2.20 bits per heavy atom. The second kappa shape index (κ2) is 4.93. The van der Waals surface area contributed by atoms with Crippen molar-refractivity contribution >= 4 is 17.4 Å². The van der Waals surface area contributed by atoms with Crippen LogP contribution >= 0.6 is 11.8 Å². The van der Waals surface area contributed by atoms with E-state index in [2.05, 4.69) is 49.1 Å². The molecule has 15 heavy (non-hydrogen) atoms. The van der Waals surface area contributed by atoms with Crippen LogP contribution in [0.5, 0.6) is 0 Å². The zero-order chi connectivity index (χ0) is 10.7. The predicted molar refractivity (Wildman–Crippen MR) is 69.9 cm³/mol.